The number of methoxy groups -OCH3 is 2. The molecule has 0 saturated heterocycles. The van der Waals surface area contributed by atoms with Crippen molar-refractivity contribution in [1.82, 2.24) is 5.32 Å². The molecule has 4 aromatic rings. The van der Waals surface area contributed by atoms with Crippen LogP contribution >= 0.6 is 23.2 Å². The second-order valence-electron chi connectivity index (χ2n) is 9.68. The Kier molecular flexibility index (Phi) is 11.1. The zero-order valence-corrected chi connectivity index (χ0v) is 25.7. The highest BCUT2D eigenvalue weighted by atomic mass is 35.5. The molecular weight excluding hydrogens is 625 g/mol. The van der Waals surface area contributed by atoms with Crippen molar-refractivity contribution in [2.24, 2.45) is 0 Å². The van der Waals surface area contributed by atoms with Crippen LogP contribution < -0.4 is 24.8 Å². The van der Waals surface area contributed by atoms with E-state index in [2.05, 4.69) is 10.6 Å². The number of rotatable bonds is 13. The Morgan fingerprint density at radius 3 is 2.22 bits per heavy atom. The van der Waals surface area contributed by atoms with Gasteiger partial charge in [-0.2, -0.15) is 4.73 Å². The van der Waals surface area contributed by atoms with E-state index < -0.39 is 36.5 Å². The van der Waals surface area contributed by atoms with E-state index >= 15 is 0 Å². The molecule has 0 aliphatic carbocycles. The predicted octanol–water partition coefficient (Wildman–Crippen LogP) is 5.14. The lowest BCUT2D eigenvalue weighted by molar-refractivity contribution is -0.605. The number of carboxylic acid groups (broad SMARTS) is 1. The summed E-state index contributed by atoms with van der Waals surface area (Å²) in [5.41, 5.74) is 2.02. The summed E-state index contributed by atoms with van der Waals surface area (Å²) in [4.78, 5) is 37.9. The van der Waals surface area contributed by atoms with Crippen molar-refractivity contribution in [3.63, 3.8) is 0 Å². The first-order valence-corrected chi connectivity index (χ1v) is 14.3. The second kappa shape index (κ2) is 15.1. The Morgan fingerprint density at radius 1 is 0.889 bits per heavy atom. The molecule has 0 aliphatic rings. The van der Waals surface area contributed by atoms with Gasteiger partial charge in [-0.3, -0.25) is 9.59 Å². The van der Waals surface area contributed by atoms with E-state index in [1.165, 1.54) is 26.4 Å². The maximum atomic E-state index is 13.0. The fourth-order valence-electron chi connectivity index (χ4n) is 4.50. The number of aromatic nitrogens is 1. The van der Waals surface area contributed by atoms with Crippen molar-refractivity contribution in [2.45, 2.75) is 18.6 Å². The third-order valence-electron chi connectivity index (χ3n) is 6.71. The molecule has 11 nitrogen and oxygen atoms in total. The van der Waals surface area contributed by atoms with Crippen LogP contribution in [0.4, 0.5) is 5.69 Å². The van der Waals surface area contributed by atoms with Crippen molar-refractivity contribution in [3.8, 4) is 11.5 Å². The van der Waals surface area contributed by atoms with E-state index in [-0.39, 0.29) is 22.0 Å². The molecule has 234 valence electrons. The van der Waals surface area contributed by atoms with Crippen molar-refractivity contribution in [3.05, 3.63) is 123 Å². The first kappa shape index (κ1) is 32.9. The molecule has 1 amide bonds. The average Bonchev–Trinajstić information content (AvgIpc) is 3.03. The van der Waals surface area contributed by atoms with Gasteiger partial charge in [0.2, 0.25) is 0 Å². The fourth-order valence-corrected chi connectivity index (χ4v) is 5.10. The van der Waals surface area contributed by atoms with E-state index in [4.69, 9.17) is 37.4 Å². The van der Waals surface area contributed by atoms with Crippen LogP contribution in [0.1, 0.15) is 39.2 Å². The number of nitrogens with one attached hydrogen (secondary N) is 2. The molecule has 1 heterocycles. The number of amides is 1. The largest absolute Gasteiger partial charge is 0.619 e. The highest BCUT2D eigenvalue weighted by Crippen LogP contribution is 2.35. The lowest BCUT2D eigenvalue weighted by Crippen LogP contribution is -2.32. The molecule has 0 radical (unpaired) electrons. The van der Waals surface area contributed by atoms with Gasteiger partial charge in [0.15, 0.2) is 29.9 Å². The van der Waals surface area contributed by atoms with Gasteiger partial charge in [-0.1, -0.05) is 65.7 Å². The summed E-state index contributed by atoms with van der Waals surface area (Å²) >= 11 is 12.6. The molecular formula is C32H29Cl2N3O8. The topological polar surface area (TPSA) is 150 Å². The number of aliphatic carboxylic acids is 1. The third kappa shape index (κ3) is 8.55. The average molecular weight is 655 g/mol. The fraction of sp³-hybridized carbons (Fsp3) is 0.188. The summed E-state index contributed by atoms with van der Waals surface area (Å²) in [6.07, 6.45) is 1.34. The normalized spacial score (nSPS) is 12.0. The summed E-state index contributed by atoms with van der Waals surface area (Å²) < 4.78 is 16.9. The Hall–Kier alpha value is -5.00. The molecule has 0 saturated carbocycles. The number of anilines is 1. The van der Waals surface area contributed by atoms with Crippen LogP contribution in [-0.4, -0.2) is 43.7 Å². The molecule has 2 atom stereocenters. The maximum Gasteiger partial charge on any atom is 0.330 e. The van der Waals surface area contributed by atoms with E-state index in [0.29, 0.717) is 38.6 Å². The highest BCUT2D eigenvalue weighted by Gasteiger charge is 2.24. The minimum absolute atomic E-state index is 0.00749. The predicted molar refractivity (Wildman–Crippen MR) is 167 cm³/mol. The molecule has 0 fully saturated rings. The number of hydrogen-bond acceptors (Lipinski definition) is 8. The van der Waals surface area contributed by atoms with Gasteiger partial charge < -0.3 is 35.2 Å². The minimum Gasteiger partial charge on any atom is -0.619 e. The molecule has 4 rings (SSSR count). The number of ether oxygens (including phenoxy) is 3. The van der Waals surface area contributed by atoms with Gasteiger partial charge >= 0.3 is 11.9 Å². The molecule has 13 heteroatoms. The molecule has 0 spiro atoms. The SMILES string of the molecule is COc1ccc([C@H](Cc2c(Cl)c[n+]([O-])cc2Cl)OC(=O)CNC(=O)c2cccc(NC(C(=O)O)c3ccccc3)c2)cc1OC. The zero-order chi connectivity index (χ0) is 32.5. The van der Waals surface area contributed by atoms with Crippen molar-refractivity contribution in [2.75, 3.05) is 26.1 Å². The second-order valence-corrected chi connectivity index (χ2v) is 10.5. The molecule has 1 aromatic heterocycles. The Balaban J connectivity index is 1.48. The van der Waals surface area contributed by atoms with Crippen LogP contribution in [-0.2, 0) is 20.7 Å². The van der Waals surface area contributed by atoms with Crippen LogP contribution in [0.15, 0.2) is 85.2 Å². The lowest BCUT2D eigenvalue weighted by atomic mass is 10.0. The van der Waals surface area contributed by atoms with E-state index in [0.717, 1.165) is 12.4 Å². The Bertz CT molecular complexity index is 1660. The molecule has 3 aromatic carbocycles. The Labute approximate surface area is 268 Å². The molecule has 0 aliphatic heterocycles. The molecule has 45 heavy (non-hydrogen) atoms. The van der Waals surface area contributed by atoms with Gasteiger partial charge in [0, 0.05) is 23.2 Å². The summed E-state index contributed by atoms with van der Waals surface area (Å²) in [5.74, 6) is -1.60. The zero-order valence-electron chi connectivity index (χ0n) is 24.2. The van der Waals surface area contributed by atoms with Crippen molar-refractivity contribution < 1.29 is 38.4 Å². The number of hydrogen-bond donors (Lipinski definition) is 3. The van der Waals surface area contributed by atoms with Gasteiger partial charge in [-0.15, -0.1) is 0 Å². The van der Waals surface area contributed by atoms with Crippen molar-refractivity contribution in [1.29, 1.82) is 0 Å². The van der Waals surface area contributed by atoms with E-state index in [9.17, 15) is 24.7 Å². The van der Waals surface area contributed by atoms with Crippen LogP contribution in [0.2, 0.25) is 10.0 Å². The standard InChI is InChI=1S/C32H29Cl2N3O8/c1-43-26-12-11-20(14-28(26)44-2)27(15-23-24(33)17-37(42)18-25(23)34)45-29(38)16-35-31(39)21-9-6-10-22(13-21)36-30(32(40)41)19-7-4-3-5-8-19/h3-14,17-18,27,30,36H,15-16H2,1-2H3,(H,35,39)(H,40,41)/t27-,30?/m0/s1. The molecule has 1 unspecified atom stereocenters. The van der Waals surface area contributed by atoms with Gasteiger partial charge in [0.05, 0.1) is 14.2 Å². The summed E-state index contributed by atoms with van der Waals surface area (Å²) in [5, 5.41) is 27.1. The monoisotopic (exact) mass is 653 g/mol. The smallest absolute Gasteiger partial charge is 0.330 e. The van der Waals surface area contributed by atoms with Crippen LogP contribution in [0, 0.1) is 5.21 Å². The molecule has 3 N–H and O–H groups in total. The summed E-state index contributed by atoms with van der Waals surface area (Å²) in [7, 11) is 2.95. The van der Waals surface area contributed by atoms with Gasteiger partial charge in [0.25, 0.3) is 5.91 Å². The van der Waals surface area contributed by atoms with Crippen LogP contribution in [0.3, 0.4) is 0 Å². The van der Waals surface area contributed by atoms with Crippen LogP contribution in [0.5, 0.6) is 11.5 Å². The summed E-state index contributed by atoms with van der Waals surface area (Å²) in [6.45, 7) is -0.487. The lowest BCUT2D eigenvalue weighted by Gasteiger charge is -2.21. The van der Waals surface area contributed by atoms with Crippen LogP contribution in [0.25, 0.3) is 0 Å². The number of benzene rings is 3. The van der Waals surface area contributed by atoms with E-state index in [1.807, 2.05) is 0 Å². The number of nitrogens with zero attached hydrogens (tertiary/aromatic N) is 1. The van der Waals surface area contributed by atoms with Gasteiger partial charge in [-0.05, 0) is 41.5 Å². The Morgan fingerprint density at radius 2 is 1.58 bits per heavy atom. The third-order valence-corrected chi connectivity index (χ3v) is 7.36. The number of halogens is 2. The maximum absolute atomic E-state index is 13.0. The number of carboxylic acids is 1. The summed E-state index contributed by atoms with van der Waals surface area (Å²) in [6, 6.07) is 18.7. The van der Waals surface area contributed by atoms with E-state index in [1.54, 1.807) is 60.7 Å². The van der Waals surface area contributed by atoms with Gasteiger partial charge in [0.1, 0.15) is 22.7 Å². The number of carbonyl (C=O) groups excluding carboxylic acids is 2. The molecule has 0 bridgehead atoms. The first-order chi connectivity index (χ1) is 21.6. The number of esters is 1. The number of carbonyl (C=O) groups is 3. The minimum atomic E-state index is -1.09. The first-order valence-electron chi connectivity index (χ1n) is 13.5. The highest BCUT2D eigenvalue weighted by molar-refractivity contribution is 6.35. The number of pyridine rings is 1. The van der Waals surface area contributed by atoms with Gasteiger partial charge in [-0.25, -0.2) is 4.79 Å². The quantitative estimate of drug-likeness (QED) is 0.101. The van der Waals surface area contributed by atoms with Crippen molar-refractivity contribution >= 4 is 46.7 Å².